The highest BCUT2D eigenvalue weighted by molar-refractivity contribution is 7.99. The summed E-state index contributed by atoms with van der Waals surface area (Å²) in [5, 5.41) is 2.90. The van der Waals surface area contributed by atoms with Crippen molar-refractivity contribution >= 4 is 17.7 Å². The number of hydrogen-bond acceptors (Lipinski definition) is 4. The van der Waals surface area contributed by atoms with Gasteiger partial charge < -0.3 is 11.1 Å². The highest BCUT2D eigenvalue weighted by atomic mass is 32.2. The van der Waals surface area contributed by atoms with Gasteiger partial charge in [-0.3, -0.25) is 9.69 Å². The second kappa shape index (κ2) is 7.92. The average molecular weight is 245 g/mol. The zero-order valence-electron chi connectivity index (χ0n) is 10.1. The van der Waals surface area contributed by atoms with Crippen molar-refractivity contribution in [1.82, 2.24) is 10.2 Å². The van der Waals surface area contributed by atoms with Gasteiger partial charge in [-0.25, -0.2) is 0 Å². The first-order valence-corrected chi connectivity index (χ1v) is 7.23. The van der Waals surface area contributed by atoms with Gasteiger partial charge in [0.1, 0.15) is 0 Å². The molecule has 1 saturated heterocycles. The number of carbonyl (C=O) groups is 1. The van der Waals surface area contributed by atoms with Crippen molar-refractivity contribution in [3.8, 4) is 0 Å². The van der Waals surface area contributed by atoms with E-state index in [1.54, 1.807) is 0 Å². The van der Waals surface area contributed by atoms with Gasteiger partial charge in [0.05, 0.1) is 6.04 Å². The zero-order valence-corrected chi connectivity index (χ0v) is 10.9. The second-order valence-electron chi connectivity index (χ2n) is 4.14. The fraction of sp³-hybridized carbons (Fsp3) is 0.909. The molecule has 0 aromatic rings. The van der Waals surface area contributed by atoms with Crippen LogP contribution < -0.4 is 11.1 Å². The average Bonchev–Trinajstić information content (AvgIpc) is 2.30. The Bertz CT molecular complexity index is 207. The Balaban J connectivity index is 2.07. The van der Waals surface area contributed by atoms with Crippen LogP contribution in [0, 0.1) is 0 Å². The Kier molecular flexibility index (Phi) is 6.84. The third kappa shape index (κ3) is 5.18. The Labute approximate surface area is 102 Å². The predicted molar refractivity (Wildman–Crippen MR) is 69.7 cm³/mol. The van der Waals surface area contributed by atoms with Gasteiger partial charge in [-0.2, -0.15) is 11.8 Å². The molecule has 1 rings (SSSR count). The van der Waals surface area contributed by atoms with E-state index >= 15 is 0 Å². The number of nitrogens with one attached hydrogen (secondary N) is 1. The summed E-state index contributed by atoms with van der Waals surface area (Å²) >= 11 is 2.00. The molecule has 16 heavy (non-hydrogen) atoms. The monoisotopic (exact) mass is 245 g/mol. The smallest absolute Gasteiger partial charge is 0.236 e. The van der Waals surface area contributed by atoms with Crippen molar-refractivity contribution in [2.75, 3.05) is 37.7 Å². The molecule has 0 saturated carbocycles. The number of nitrogens with zero attached hydrogens (tertiary/aromatic N) is 1. The molecule has 0 bridgehead atoms. The molecule has 0 radical (unpaired) electrons. The summed E-state index contributed by atoms with van der Waals surface area (Å²) in [6.07, 6.45) is 1.73. The van der Waals surface area contributed by atoms with Crippen LogP contribution in [0.4, 0.5) is 0 Å². The van der Waals surface area contributed by atoms with Crippen molar-refractivity contribution in [1.29, 1.82) is 0 Å². The minimum absolute atomic E-state index is 0.00626. The topological polar surface area (TPSA) is 58.4 Å². The molecular weight excluding hydrogens is 222 g/mol. The van der Waals surface area contributed by atoms with Crippen LogP contribution in [-0.2, 0) is 4.79 Å². The molecule has 1 atom stereocenters. The lowest BCUT2D eigenvalue weighted by Gasteiger charge is -2.26. The molecule has 1 aliphatic rings. The molecule has 4 nitrogen and oxygen atoms in total. The summed E-state index contributed by atoms with van der Waals surface area (Å²) < 4.78 is 0. The van der Waals surface area contributed by atoms with Crippen LogP contribution in [0.2, 0.25) is 0 Å². The number of hydrogen-bond donors (Lipinski definition) is 2. The Morgan fingerprint density at radius 3 is 2.81 bits per heavy atom. The number of nitrogens with two attached hydrogens (primary N) is 1. The number of rotatable bonds is 6. The van der Waals surface area contributed by atoms with Crippen LogP contribution in [0.3, 0.4) is 0 Å². The van der Waals surface area contributed by atoms with Gasteiger partial charge in [0.2, 0.25) is 5.91 Å². The molecule has 3 N–H and O–H groups in total. The molecule has 0 unspecified atom stereocenters. The molecule has 1 fully saturated rings. The maximum absolute atomic E-state index is 11.5. The molecule has 0 aromatic carbocycles. The van der Waals surface area contributed by atoms with E-state index in [0.717, 1.165) is 39.0 Å². The van der Waals surface area contributed by atoms with Gasteiger partial charge in [-0.15, -0.1) is 0 Å². The highest BCUT2D eigenvalue weighted by Crippen LogP contribution is 2.07. The minimum atomic E-state index is -0.332. The lowest BCUT2D eigenvalue weighted by atomic mass is 10.2. The van der Waals surface area contributed by atoms with E-state index in [1.165, 1.54) is 11.5 Å². The fourth-order valence-corrected chi connectivity index (χ4v) is 2.71. The number of thioether (sulfide) groups is 1. The zero-order chi connectivity index (χ0) is 11.8. The van der Waals surface area contributed by atoms with E-state index in [9.17, 15) is 4.79 Å². The third-order valence-corrected chi connectivity index (χ3v) is 3.71. The quantitative estimate of drug-likeness (QED) is 0.706. The predicted octanol–water partition coefficient (Wildman–Crippen LogP) is 0.279. The Morgan fingerprint density at radius 2 is 2.19 bits per heavy atom. The fourth-order valence-electron chi connectivity index (χ4n) is 1.74. The van der Waals surface area contributed by atoms with Crippen molar-refractivity contribution in [2.24, 2.45) is 5.73 Å². The van der Waals surface area contributed by atoms with Gasteiger partial charge in [0.25, 0.3) is 0 Å². The van der Waals surface area contributed by atoms with E-state index in [-0.39, 0.29) is 11.9 Å². The number of amides is 1. The SMILES string of the molecule is CCC[C@@H](N)C(=O)NCCN1CCSCC1. The maximum Gasteiger partial charge on any atom is 0.236 e. The molecule has 1 amide bonds. The van der Waals surface area contributed by atoms with Gasteiger partial charge in [-0.05, 0) is 6.42 Å². The van der Waals surface area contributed by atoms with Crippen LogP contribution in [0.25, 0.3) is 0 Å². The summed E-state index contributed by atoms with van der Waals surface area (Å²) in [6.45, 7) is 5.99. The molecule has 1 aliphatic heterocycles. The molecule has 0 spiro atoms. The maximum atomic E-state index is 11.5. The van der Waals surface area contributed by atoms with Crippen LogP contribution in [0.15, 0.2) is 0 Å². The molecular formula is C11H23N3OS. The van der Waals surface area contributed by atoms with Crippen LogP contribution >= 0.6 is 11.8 Å². The lowest BCUT2D eigenvalue weighted by molar-refractivity contribution is -0.122. The van der Waals surface area contributed by atoms with Gasteiger partial charge >= 0.3 is 0 Å². The Morgan fingerprint density at radius 1 is 1.50 bits per heavy atom. The Hall–Kier alpha value is -0.260. The first-order valence-electron chi connectivity index (χ1n) is 6.07. The first-order chi connectivity index (χ1) is 7.74. The largest absolute Gasteiger partial charge is 0.353 e. The minimum Gasteiger partial charge on any atom is -0.353 e. The summed E-state index contributed by atoms with van der Waals surface area (Å²) in [4.78, 5) is 13.9. The summed E-state index contributed by atoms with van der Waals surface area (Å²) in [5.74, 6) is 2.42. The first kappa shape index (κ1) is 13.8. The third-order valence-electron chi connectivity index (χ3n) is 2.77. The summed E-state index contributed by atoms with van der Waals surface area (Å²) in [7, 11) is 0. The summed E-state index contributed by atoms with van der Waals surface area (Å²) in [6, 6.07) is -0.332. The van der Waals surface area contributed by atoms with Crippen molar-refractivity contribution < 1.29 is 4.79 Å². The van der Waals surface area contributed by atoms with Crippen molar-refractivity contribution in [3.63, 3.8) is 0 Å². The van der Waals surface area contributed by atoms with Crippen molar-refractivity contribution in [3.05, 3.63) is 0 Å². The van der Waals surface area contributed by atoms with Gasteiger partial charge in [-0.1, -0.05) is 13.3 Å². The van der Waals surface area contributed by atoms with E-state index in [0.29, 0.717) is 0 Å². The van der Waals surface area contributed by atoms with E-state index in [2.05, 4.69) is 10.2 Å². The second-order valence-corrected chi connectivity index (χ2v) is 5.36. The normalized spacial score (nSPS) is 19.4. The standard InChI is InChI=1S/C11H23N3OS/c1-2-3-10(12)11(15)13-4-5-14-6-8-16-9-7-14/h10H,2-9,12H2,1H3,(H,13,15)/t10-/m1/s1. The number of carbonyl (C=O) groups excluding carboxylic acids is 1. The van der Waals surface area contributed by atoms with Crippen molar-refractivity contribution in [2.45, 2.75) is 25.8 Å². The molecule has 1 heterocycles. The molecule has 5 heteroatoms. The van der Waals surface area contributed by atoms with Crippen LogP contribution in [-0.4, -0.2) is 54.5 Å². The van der Waals surface area contributed by atoms with Gasteiger partial charge in [0.15, 0.2) is 0 Å². The van der Waals surface area contributed by atoms with Gasteiger partial charge in [0, 0.05) is 37.7 Å². The van der Waals surface area contributed by atoms with Crippen LogP contribution in [0.5, 0.6) is 0 Å². The van der Waals surface area contributed by atoms with E-state index in [1.807, 2.05) is 18.7 Å². The highest BCUT2D eigenvalue weighted by Gasteiger charge is 2.13. The lowest BCUT2D eigenvalue weighted by Crippen LogP contribution is -2.44. The van der Waals surface area contributed by atoms with Crippen LogP contribution in [0.1, 0.15) is 19.8 Å². The van der Waals surface area contributed by atoms with E-state index < -0.39 is 0 Å². The molecule has 94 valence electrons. The molecule has 0 aliphatic carbocycles. The van der Waals surface area contributed by atoms with E-state index in [4.69, 9.17) is 5.73 Å². The summed E-state index contributed by atoms with van der Waals surface area (Å²) in [5.41, 5.74) is 5.72. The molecule has 0 aromatic heterocycles.